The Kier molecular flexibility index (Phi) is 9.02. The van der Waals surface area contributed by atoms with E-state index in [1.54, 1.807) is 0 Å². The van der Waals surface area contributed by atoms with Gasteiger partial charge in [-0.3, -0.25) is 4.79 Å². The minimum atomic E-state index is -0.0630. The van der Waals surface area contributed by atoms with E-state index in [0.29, 0.717) is 13.2 Å². The molecule has 0 saturated carbocycles. The molecule has 1 amide bonds. The van der Waals surface area contributed by atoms with Crippen LogP contribution in [0.15, 0.2) is 47.5 Å². The molecule has 2 aromatic carbocycles. The largest absolute Gasteiger partial charge is 0.494 e. The van der Waals surface area contributed by atoms with Crippen LogP contribution in [-0.2, 0) is 17.8 Å². The third-order valence-corrected chi connectivity index (χ3v) is 4.25. The second kappa shape index (κ2) is 11.7. The van der Waals surface area contributed by atoms with Crippen LogP contribution < -0.4 is 20.7 Å². The van der Waals surface area contributed by atoms with Crippen molar-refractivity contribution in [3.8, 4) is 5.75 Å². The maximum absolute atomic E-state index is 11.1. The number of guanidine groups is 1. The monoisotopic (exact) mass is 396 g/mol. The van der Waals surface area contributed by atoms with Crippen LogP contribution in [0, 0.1) is 6.92 Å². The van der Waals surface area contributed by atoms with Crippen molar-refractivity contribution in [1.29, 1.82) is 0 Å². The van der Waals surface area contributed by atoms with Crippen LogP contribution in [0.4, 0.5) is 5.69 Å². The number of hydrogen-bond acceptors (Lipinski definition) is 3. The summed E-state index contributed by atoms with van der Waals surface area (Å²) in [6.07, 6.45) is 0.861. The van der Waals surface area contributed by atoms with E-state index >= 15 is 0 Å². The van der Waals surface area contributed by atoms with Gasteiger partial charge < -0.3 is 20.7 Å². The Morgan fingerprint density at radius 3 is 2.48 bits per heavy atom. The van der Waals surface area contributed by atoms with E-state index in [1.807, 2.05) is 31.2 Å². The van der Waals surface area contributed by atoms with Crippen LogP contribution in [-0.4, -0.2) is 31.6 Å². The molecule has 0 aliphatic rings. The maximum atomic E-state index is 11.1. The van der Waals surface area contributed by atoms with E-state index in [1.165, 1.54) is 18.1 Å². The van der Waals surface area contributed by atoms with Crippen LogP contribution in [0.5, 0.6) is 5.75 Å². The number of nitrogens with zero attached hydrogens (tertiary/aromatic N) is 1. The van der Waals surface area contributed by atoms with Crippen molar-refractivity contribution in [3.63, 3.8) is 0 Å². The molecule has 0 fully saturated rings. The zero-order valence-corrected chi connectivity index (χ0v) is 17.8. The second-order valence-electron chi connectivity index (χ2n) is 6.79. The fourth-order valence-electron chi connectivity index (χ4n) is 2.87. The van der Waals surface area contributed by atoms with Gasteiger partial charge in [0.05, 0.1) is 13.2 Å². The second-order valence-corrected chi connectivity index (χ2v) is 6.79. The molecule has 6 nitrogen and oxygen atoms in total. The highest BCUT2D eigenvalue weighted by Gasteiger charge is 2.05. The van der Waals surface area contributed by atoms with Crippen molar-refractivity contribution in [3.05, 3.63) is 59.2 Å². The Bertz CT molecular complexity index is 816. The first-order chi connectivity index (χ1) is 14.0. The third-order valence-electron chi connectivity index (χ3n) is 4.25. The van der Waals surface area contributed by atoms with Gasteiger partial charge in [-0.05, 0) is 56.5 Å². The summed E-state index contributed by atoms with van der Waals surface area (Å²) in [5.41, 5.74) is 4.26. The van der Waals surface area contributed by atoms with Crippen molar-refractivity contribution in [2.45, 2.75) is 40.7 Å². The molecule has 0 spiro atoms. The molecular formula is C23H32N4O2. The van der Waals surface area contributed by atoms with Gasteiger partial charge in [0.1, 0.15) is 5.75 Å². The van der Waals surface area contributed by atoms with Gasteiger partial charge in [-0.2, -0.15) is 0 Å². The molecule has 0 atom stereocenters. The first kappa shape index (κ1) is 22.3. The van der Waals surface area contributed by atoms with Crippen molar-refractivity contribution in [2.24, 2.45) is 4.99 Å². The minimum Gasteiger partial charge on any atom is -0.494 e. The van der Waals surface area contributed by atoms with E-state index in [4.69, 9.17) is 9.73 Å². The third kappa shape index (κ3) is 7.86. The van der Waals surface area contributed by atoms with Crippen molar-refractivity contribution in [2.75, 3.05) is 25.0 Å². The first-order valence-corrected chi connectivity index (χ1v) is 10.1. The van der Waals surface area contributed by atoms with Crippen LogP contribution in [0.2, 0.25) is 0 Å². The SMILES string of the molecule is CCNC(=NCc1ccc(C)cc1OCC)NCCc1ccc(NC(C)=O)cc1. The lowest BCUT2D eigenvalue weighted by Gasteiger charge is -2.13. The van der Waals surface area contributed by atoms with Crippen LogP contribution in [0.1, 0.15) is 37.5 Å². The summed E-state index contributed by atoms with van der Waals surface area (Å²) in [5.74, 6) is 1.61. The maximum Gasteiger partial charge on any atom is 0.221 e. The van der Waals surface area contributed by atoms with E-state index in [0.717, 1.165) is 42.5 Å². The predicted octanol–water partition coefficient (Wildman–Crippen LogP) is 3.65. The Hall–Kier alpha value is -3.02. The standard InChI is InChI=1S/C23H32N4O2/c1-5-24-23(26-16-20-10-7-17(3)15-22(20)29-6-2)25-14-13-19-8-11-21(12-9-19)27-18(4)28/h7-12,15H,5-6,13-14,16H2,1-4H3,(H,27,28)(H2,24,25,26). The summed E-state index contributed by atoms with van der Waals surface area (Å²) in [6.45, 7) is 10.4. The molecular weight excluding hydrogens is 364 g/mol. The molecule has 0 heterocycles. The van der Waals surface area contributed by atoms with E-state index in [2.05, 4.69) is 48.0 Å². The van der Waals surface area contributed by atoms with Crippen LogP contribution >= 0.6 is 0 Å². The average molecular weight is 397 g/mol. The van der Waals surface area contributed by atoms with Gasteiger partial charge in [0.15, 0.2) is 5.96 Å². The lowest BCUT2D eigenvalue weighted by molar-refractivity contribution is -0.114. The van der Waals surface area contributed by atoms with Crippen molar-refractivity contribution in [1.82, 2.24) is 10.6 Å². The Balaban J connectivity index is 1.93. The molecule has 0 aromatic heterocycles. The summed E-state index contributed by atoms with van der Waals surface area (Å²) in [7, 11) is 0. The van der Waals surface area contributed by atoms with Gasteiger partial charge in [-0.15, -0.1) is 0 Å². The summed E-state index contributed by atoms with van der Waals surface area (Å²) in [4.78, 5) is 15.8. The van der Waals surface area contributed by atoms with E-state index in [-0.39, 0.29) is 5.91 Å². The molecule has 0 saturated heterocycles. The molecule has 6 heteroatoms. The number of benzene rings is 2. The zero-order valence-electron chi connectivity index (χ0n) is 17.8. The van der Waals surface area contributed by atoms with Gasteiger partial charge in [0, 0.05) is 31.3 Å². The molecule has 2 rings (SSSR count). The average Bonchev–Trinajstić information content (AvgIpc) is 2.68. The van der Waals surface area contributed by atoms with E-state index < -0.39 is 0 Å². The fourth-order valence-corrected chi connectivity index (χ4v) is 2.87. The quantitative estimate of drug-likeness (QED) is 0.447. The number of ether oxygens (including phenoxy) is 1. The Labute approximate surface area is 173 Å². The number of hydrogen-bond donors (Lipinski definition) is 3. The fraction of sp³-hybridized carbons (Fsp3) is 0.391. The smallest absolute Gasteiger partial charge is 0.221 e. The number of nitrogens with one attached hydrogen (secondary N) is 3. The minimum absolute atomic E-state index is 0.0630. The zero-order chi connectivity index (χ0) is 21.1. The van der Waals surface area contributed by atoms with Crippen molar-refractivity contribution >= 4 is 17.6 Å². The number of carbonyl (C=O) groups excluding carboxylic acids is 1. The number of rotatable bonds is 9. The Morgan fingerprint density at radius 2 is 1.83 bits per heavy atom. The summed E-state index contributed by atoms with van der Waals surface area (Å²) >= 11 is 0. The molecule has 3 N–H and O–H groups in total. The molecule has 0 aliphatic heterocycles. The molecule has 0 unspecified atom stereocenters. The number of carbonyl (C=O) groups is 1. The highest BCUT2D eigenvalue weighted by molar-refractivity contribution is 5.88. The van der Waals surface area contributed by atoms with Crippen LogP contribution in [0.25, 0.3) is 0 Å². The number of anilines is 1. The van der Waals surface area contributed by atoms with Gasteiger partial charge in [-0.25, -0.2) is 4.99 Å². The summed E-state index contributed by atoms with van der Waals surface area (Å²) in [5, 5.41) is 9.44. The summed E-state index contributed by atoms with van der Waals surface area (Å²) < 4.78 is 5.75. The highest BCUT2D eigenvalue weighted by atomic mass is 16.5. The highest BCUT2D eigenvalue weighted by Crippen LogP contribution is 2.21. The molecule has 0 bridgehead atoms. The molecule has 0 aliphatic carbocycles. The van der Waals surface area contributed by atoms with Crippen molar-refractivity contribution < 1.29 is 9.53 Å². The molecule has 156 valence electrons. The van der Waals surface area contributed by atoms with Gasteiger partial charge >= 0.3 is 0 Å². The van der Waals surface area contributed by atoms with Crippen LogP contribution in [0.3, 0.4) is 0 Å². The van der Waals surface area contributed by atoms with Gasteiger partial charge in [0.2, 0.25) is 5.91 Å². The normalized spacial score (nSPS) is 11.1. The van der Waals surface area contributed by atoms with E-state index in [9.17, 15) is 4.79 Å². The summed E-state index contributed by atoms with van der Waals surface area (Å²) in [6, 6.07) is 14.1. The Morgan fingerprint density at radius 1 is 1.07 bits per heavy atom. The molecule has 2 aromatic rings. The number of aliphatic imine (C=N–C) groups is 1. The predicted molar refractivity (Wildman–Crippen MR) is 120 cm³/mol. The van der Waals surface area contributed by atoms with Gasteiger partial charge in [0.25, 0.3) is 0 Å². The lowest BCUT2D eigenvalue weighted by Crippen LogP contribution is -2.38. The topological polar surface area (TPSA) is 74.8 Å². The molecule has 29 heavy (non-hydrogen) atoms. The first-order valence-electron chi connectivity index (χ1n) is 10.1. The number of amides is 1. The van der Waals surface area contributed by atoms with Gasteiger partial charge in [-0.1, -0.05) is 24.3 Å². The number of aryl methyl sites for hydroxylation is 1. The molecule has 0 radical (unpaired) electrons. The lowest BCUT2D eigenvalue weighted by atomic mass is 10.1.